The van der Waals surface area contributed by atoms with Gasteiger partial charge in [-0.25, -0.2) is 0 Å². The molecule has 2 rings (SSSR count). The van der Waals surface area contributed by atoms with Gasteiger partial charge in [-0.1, -0.05) is 13.8 Å². The third-order valence-electron chi connectivity index (χ3n) is 3.17. The zero-order valence-electron chi connectivity index (χ0n) is 7.09. The van der Waals surface area contributed by atoms with E-state index in [9.17, 15) is 0 Å². The number of nitrogens with one attached hydrogen (secondary N) is 1. The molecule has 1 nitrogen and oxygen atoms in total. The van der Waals surface area contributed by atoms with Crippen molar-refractivity contribution in [3.05, 3.63) is 11.8 Å². The first kappa shape index (κ1) is 7.53. The van der Waals surface area contributed by atoms with Gasteiger partial charge in [-0.15, -0.1) is 0 Å². The Morgan fingerprint density at radius 2 is 2.45 bits per heavy atom. The molecule has 0 spiro atoms. The maximum atomic E-state index is 4.70. The summed E-state index contributed by atoms with van der Waals surface area (Å²) in [5.41, 5.74) is 1.55. The summed E-state index contributed by atoms with van der Waals surface area (Å²) in [6.07, 6.45) is 3.34. The first-order chi connectivity index (χ1) is 5.11. The molecule has 3 unspecified atom stereocenters. The van der Waals surface area contributed by atoms with Crippen molar-refractivity contribution in [2.45, 2.75) is 25.0 Å². The van der Waals surface area contributed by atoms with Crippen LogP contribution < -0.4 is 5.32 Å². The van der Waals surface area contributed by atoms with Gasteiger partial charge in [-0.05, 0) is 30.0 Å². The van der Waals surface area contributed by atoms with Crippen LogP contribution in [-0.4, -0.2) is 11.3 Å². The lowest BCUT2D eigenvalue weighted by molar-refractivity contribution is 0.371. The van der Waals surface area contributed by atoms with Crippen LogP contribution in [-0.2, 0) is 0 Å². The molecule has 1 saturated carbocycles. The number of fused-ring (bicyclic) bond motifs is 2. The number of thiol groups is 1. The normalized spacial score (nSPS) is 48.5. The van der Waals surface area contributed by atoms with E-state index >= 15 is 0 Å². The van der Waals surface area contributed by atoms with Gasteiger partial charge in [0.15, 0.2) is 0 Å². The fraction of sp³-hybridized carbons (Fsp3) is 0.778. The van der Waals surface area contributed by atoms with Crippen molar-refractivity contribution < 1.29 is 0 Å². The zero-order valence-corrected chi connectivity index (χ0v) is 7.99. The van der Waals surface area contributed by atoms with Crippen molar-refractivity contribution in [2.75, 3.05) is 6.54 Å². The molecule has 0 aromatic rings. The van der Waals surface area contributed by atoms with Crippen LogP contribution in [0.15, 0.2) is 11.8 Å². The molecular formula is C9H15NS. The second kappa shape index (κ2) is 2.19. The molecule has 0 aromatic carbocycles. The van der Waals surface area contributed by atoms with Crippen LogP contribution in [0.3, 0.4) is 0 Å². The summed E-state index contributed by atoms with van der Waals surface area (Å²) in [7, 11) is 0. The zero-order chi connectivity index (χ0) is 8.06. The summed E-state index contributed by atoms with van der Waals surface area (Å²) in [6.45, 7) is 5.68. The Morgan fingerprint density at radius 3 is 3.00 bits per heavy atom. The van der Waals surface area contributed by atoms with Crippen LogP contribution in [0.4, 0.5) is 0 Å². The highest BCUT2D eigenvalue weighted by Gasteiger charge is 2.44. The molecule has 1 aliphatic carbocycles. The van der Waals surface area contributed by atoms with E-state index in [-0.39, 0.29) is 4.75 Å². The van der Waals surface area contributed by atoms with E-state index < -0.39 is 0 Å². The minimum absolute atomic E-state index is 0.231. The summed E-state index contributed by atoms with van der Waals surface area (Å²) in [4.78, 5) is 0. The largest absolute Gasteiger partial charge is 0.391 e. The smallest absolute Gasteiger partial charge is 0.0190 e. The fourth-order valence-corrected chi connectivity index (χ4v) is 2.90. The molecule has 2 aliphatic rings. The van der Waals surface area contributed by atoms with Gasteiger partial charge < -0.3 is 5.32 Å². The molecule has 0 aromatic heterocycles. The molecule has 3 atom stereocenters. The molecule has 1 fully saturated rings. The van der Waals surface area contributed by atoms with E-state index in [0.717, 1.165) is 24.8 Å². The molecule has 1 N–H and O–H groups in total. The highest BCUT2D eigenvalue weighted by molar-refractivity contribution is 7.81. The third-order valence-corrected chi connectivity index (χ3v) is 3.66. The van der Waals surface area contributed by atoms with E-state index in [4.69, 9.17) is 12.6 Å². The van der Waals surface area contributed by atoms with Crippen molar-refractivity contribution in [2.24, 2.45) is 11.8 Å². The average Bonchev–Trinajstić information content (AvgIpc) is 2.11. The summed E-state index contributed by atoms with van der Waals surface area (Å²) in [5, 5.41) is 3.32. The number of hydrogen-bond donors (Lipinski definition) is 2. The van der Waals surface area contributed by atoms with Crippen molar-refractivity contribution in [1.29, 1.82) is 0 Å². The number of rotatable bonds is 0. The monoisotopic (exact) mass is 169 g/mol. The van der Waals surface area contributed by atoms with Gasteiger partial charge in [0.1, 0.15) is 0 Å². The summed E-state index contributed by atoms with van der Waals surface area (Å²) in [5.74, 6) is 1.48. The first-order valence-electron chi connectivity index (χ1n) is 4.26. The molecular weight excluding hydrogens is 154 g/mol. The average molecular weight is 169 g/mol. The van der Waals surface area contributed by atoms with Gasteiger partial charge in [-0.2, -0.15) is 12.6 Å². The molecule has 1 aliphatic heterocycles. The van der Waals surface area contributed by atoms with E-state index in [1.807, 2.05) is 0 Å². The van der Waals surface area contributed by atoms with Crippen LogP contribution in [0.25, 0.3) is 0 Å². The summed E-state index contributed by atoms with van der Waals surface area (Å²) in [6, 6.07) is 0. The SMILES string of the molecule is CC1C2=CNCC1C(C)(S)C2. The Hall–Kier alpha value is -0.110. The van der Waals surface area contributed by atoms with Crippen LogP contribution in [0.5, 0.6) is 0 Å². The molecule has 1 heterocycles. The van der Waals surface area contributed by atoms with Crippen molar-refractivity contribution >= 4 is 12.6 Å². The van der Waals surface area contributed by atoms with Gasteiger partial charge in [-0.3, -0.25) is 0 Å². The standard InChI is InChI=1S/C9H15NS/c1-6-7-3-9(2,11)8(6)5-10-4-7/h4,6,8,10-11H,3,5H2,1-2H3. The minimum Gasteiger partial charge on any atom is -0.391 e. The number of hydrogen-bond acceptors (Lipinski definition) is 2. The van der Waals surface area contributed by atoms with Gasteiger partial charge in [0.05, 0.1) is 0 Å². The summed E-state index contributed by atoms with van der Waals surface area (Å²) < 4.78 is 0.231. The first-order valence-corrected chi connectivity index (χ1v) is 4.71. The van der Waals surface area contributed by atoms with Crippen LogP contribution >= 0.6 is 12.6 Å². The van der Waals surface area contributed by atoms with Crippen molar-refractivity contribution in [3.63, 3.8) is 0 Å². The van der Waals surface area contributed by atoms with E-state index in [1.54, 1.807) is 5.57 Å². The van der Waals surface area contributed by atoms with Gasteiger partial charge >= 0.3 is 0 Å². The fourth-order valence-electron chi connectivity index (χ4n) is 2.40. The maximum Gasteiger partial charge on any atom is 0.0190 e. The lowest BCUT2D eigenvalue weighted by atomic mass is 9.89. The highest BCUT2D eigenvalue weighted by Crippen LogP contribution is 2.48. The van der Waals surface area contributed by atoms with Crippen molar-refractivity contribution in [1.82, 2.24) is 5.32 Å². The van der Waals surface area contributed by atoms with Gasteiger partial charge in [0.2, 0.25) is 0 Å². The summed E-state index contributed by atoms with van der Waals surface area (Å²) >= 11 is 4.70. The molecule has 0 radical (unpaired) electrons. The Morgan fingerprint density at radius 1 is 1.73 bits per heavy atom. The predicted octanol–water partition coefficient (Wildman–Crippen LogP) is 1.82. The van der Waals surface area contributed by atoms with E-state index in [2.05, 4.69) is 25.4 Å². The topological polar surface area (TPSA) is 12.0 Å². The Kier molecular flexibility index (Phi) is 1.50. The predicted molar refractivity (Wildman–Crippen MR) is 50.7 cm³/mol. The molecule has 2 bridgehead atoms. The number of allylic oxidation sites excluding steroid dienone is 1. The van der Waals surface area contributed by atoms with Crippen molar-refractivity contribution in [3.8, 4) is 0 Å². The van der Waals surface area contributed by atoms with Gasteiger partial charge in [0.25, 0.3) is 0 Å². The molecule has 0 saturated heterocycles. The van der Waals surface area contributed by atoms with Crippen LogP contribution in [0.2, 0.25) is 0 Å². The Bertz CT molecular complexity index is 208. The van der Waals surface area contributed by atoms with E-state index in [1.165, 1.54) is 0 Å². The molecule has 0 amide bonds. The lowest BCUT2D eigenvalue weighted by Gasteiger charge is -2.29. The molecule has 11 heavy (non-hydrogen) atoms. The molecule has 2 heteroatoms. The maximum absolute atomic E-state index is 4.70. The minimum atomic E-state index is 0.231. The quantitative estimate of drug-likeness (QED) is 0.527. The second-order valence-electron chi connectivity index (χ2n) is 4.06. The van der Waals surface area contributed by atoms with Crippen LogP contribution in [0.1, 0.15) is 20.3 Å². The van der Waals surface area contributed by atoms with E-state index in [0.29, 0.717) is 0 Å². The third kappa shape index (κ3) is 0.994. The Balaban J connectivity index is 2.35. The van der Waals surface area contributed by atoms with Gasteiger partial charge in [0, 0.05) is 11.3 Å². The Labute approximate surface area is 73.7 Å². The highest BCUT2D eigenvalue weighted by atomic mass is 32.1. The molecule has 62 valence electrons. The lowest BCUT2D eigenvalue weighted by Crippen LogP contribution is -2.34. The second-order valence-corrected chi connectivity index (χ2v) is 5.08. The van der Waals surface area contributed by atoms with Crippen LogP contribution in [0, 0.1) is 11.8 Å².